The minimum atomic E-state index is 0.829. The topological polar surface area (TPSA) is 48.5 Å². The molecule has 5 heterocycles. The minimum Gasteiger partial charge on any atom is -0.309 e. The van der Waals surface area contributed by atoms with E-state index in [4.69, 9.17) is 15.0 Å². The highest BCUT2D eigenvalue weighted by atomic mass is 15.1. The van der Waals surface area contributed by atoms with Crippen LogP contribution in [-0.2, 0) is 0 Å². The van der Waals surface area contributed by atoms with Gasteiger partial charge in [-0.3, -0.25) is 9.55 Å². The van der Waals surface area contributed by atoms with Crippen LogP contribution in [0.5, 0.6) is 0 Å². The largest absolute Gasteiger partial charge is 0.309 e. The van der Waals surface area contributed by atoms with Crippen molar-refractivity contribution >= 4 is 54.8 Å². The molecule has 1 aliphatic heterocycles. The van der Waals surface area contributed by atoms with Gasteiger partial charge in [-0.15, -0.1) is 0 Å². The van der Waals surface area contributed by atoms with E-state index in [1.807, 2.05) is 36.5 Å². The Balaban J connectivity index is 1.24. The lowest BCUT2D eigenvalue weighted by Gasteiger charge is -2.12. The third kappa shape index (κ3) is 3.42. The van der Waals surface area contributed by atoms with Crippen LogP contribution in [0.25, 0.3) is 99.8 Å². The molecule has 222 valence electrons. The van der Waals surface area contributed by atoms with Gasteiger partial charge in [-0.1, -0.05) is 78.9 Å². The normalized spacial score (nSPS) is 12.2. The number of para-hydroxylation sites is 4. The summed E-state index contributed by atoms with van der Waals surface area (Å²) in [5.74, 6) is 0.829. The first-order valence-corrected chi connectivity index (χ1v) is 16.2. The molecule has 0 amide bonds. The van der Waals surface area contributed by atoms with Crippen LogP contribution < -0.4 is 0 Å². The third-order valence-corrected chi connectivity index (χ3v) is 9.87. The van der Waals surface area contributed by atoms with Crippen LogP contribution in [0.2, 0.25) is 0 Å². The number of nitrogens with zero attached hydrogens (tertiary/aromatic N) is 5. The number of hydrogen-bond acceptors (Lipinski definition) is 3. The van der Waals surface area contributed by atoms with Crippen molar-refractivity contribution in [1.82, 2.24) is 24.1 Å². The molecule has 48 heavy (non-hydrogen) atoms. The molecule has 10 aromatic rings. The fraction of sp³-hybridized carbons (Fsp3) is 0. The number of hydrogen-bond donors (Lipinski definition) is 0. The van der Waals surface area contributed by atoms with Gasteiger partial charge in [0.1, 0.15) is 5.69 Å². The van der Waals surface area contributed by atoms with E-state index in [1.54, 1.807) is 0 Å². The molecule has 0 unspecified atom stereocenters. The Morgan fingerprint density at radius 1 is 0.438 bits per heavy atom. The molecule has 0 saturated carbocycles. The van der Waals surface area contributed by atoms with Crippen molar-refractivity contribution in [2.24, 2.45) is 0 Å². The Bertz CT molecular complexity index is 2950. The van der Waals surface area contributed by atoms with Gasteiger partial charge in [0.15, 0.2) is 5.82 Å². The maximum atomic E-state index is 5.26. The van der Waals surface area contributed by atoms with Crippen molar-refractivity contribution in [3.63, 3.8) is 0 Å². The van der Waals surface area contributed by atoms with E-state index in [9.17, 15) is 0 Å². The summed E-state index contributed by atoms with van der Waals surface area (Å²) in [6.45, 7) is 0. The van der Waals surface area contributed by atoms with Crippen molar-refractivity contribution in [3.8, 4) is 45.0 Å². The summed E-state index contributed by atoms with van der Waals surface area (Å²) >= 11 is 0. The highest BCUT2D eigenvalue weighted by Crippen LogP contribution is 2.47. The molecule has 0 spiro atoms. The summed E-state index contributed by atoms with van der Waals surface area (Å²) in [5.41, 5.74) is 14.9. The van der Waals surface area contributed by atoms with Crippen LogP contribution in [0.1, 0.15) is 0 Å². The molecule has 11 rings (SSSR count). The molecule has 0 atom stereocenters. The predicted octanol–water partition coefficient (Wildman–Crippen LogP) is 10.5. The first-order valence-electron chi connectivity index (χ1n) is 16.2. The Morgan fingerprint density at radius 2 is 1.15 bits per heavy atom. The molecule has 0 fully saturated rings. The average Bonchev–Trinajstić information content (AvgIpc) is 3.63. The number of pyridine rings is 1. The summed E-state index contributed by atoms with van der Waals surface area (Å²) in [6.07, 6.45) is 1.88. The fourth-order valence-corrected chi connectivity index (χ4v) is 7.81. The quantitative estimate of drug-likeness (QED) is 0.195. The van der Waals surface area contributed by atoms with E-state index in [2.05, 4.69) is 124 Å². The van der Waals surface area contributed by atoms with E-state index in [0.717, 1.165) is 78.0 Å². The Labute approximate surface area is 275 Å². The van der Waals surface area contributed by atoms with Crippen LogP contribution >= 0.6 is 0 Å². The number of fused-ring (bicyclic) bond motifs is 12. The second-order valence-electron chi connectivity index (χ2n) is 12.5. The van der Waals surface area contributed by atoms with E-state index in [-0.39, 0.29) is 0 Å². The lowest BCUT2D eigenvalue weighted by atomic mass is 9.92. The molecule has 0 N–H and O–H groups in total. The first-order chi connectivity index (χ1) is 23.8. The van der Waals surface area contributed by atoms with E-state index < -0.39 is 0 Å². The van der Waals surface area contributed by atoms with Gasteiger partial charge in [-0.2, -0.15) is 0 Å². The zero-order valence-electron chi connectivity index (χ0n) is 25.7. The van der Waals surface area contributed by atoms with Gasteiger partial charge in [0.25, 0.3) is 0 Å². The first kappa shape index (κ1) is 25.6. The molecule has 1 aliphatic rings. The standard InChI is InChI=1S/C43H25N5/c1-2-11-28(12-3-1)47-37-18-9-6-14-30(37)32-23-26(20-21-38(32)47)27-24-33-29-13-4-5-15-31(29)41-43(46-36-17-8-7-16-35(36)45-41)48-39-19-10-22-44-40(39)34(25-27)42(33)48/h1-25H. The van der Waals surface area contributed by atoms with Gasteiger partial charge < -0.3 is 4.57 Å². The van der Waals surface area contributed by atoms with Crippen LogP contribution in [0.3, 0.4) is 0 Å². The minimum absolute atomic E-state index is 0.829. The van der Waals surface area contributed by atoms with Gasteiger partial charge in [-0.25, -0.2) is 9.97 Å². The van der Waals surface area contributed by atoms with E-state index in [0.29, 0.717) is 0 Å². The molecule has 5 nitrogen and oxygen atoms in total. The maximum absolute atomic E-state index is 5.26. The van der Waals surface area contributed by atoms with Gasteiger partial charge >= 0.3 is 0 Å². The summed E-state index contributed by atoms with van der Waals surface area (Å²) in [4.78, 5) is 15.5. The van der Waals surface area contributed by atoms with Crippen molar-refractivity contribution in [2.75, 3.05) is 0 Å². The van der Waals surface area contributed by atoms with Gasteiger partial charge in [-0.05, 0) is 83.4 Å². The third-order valence-electron chi connectivity index (χ3n) is 9.87. The molecule has 0 radical (unpaired) electrons. The van der Waals surface area contributed by atoms with Crippen LogP contribution in [0.4, 0.5) is 0 Å². The van der Waals surface area contributed by atoms with Crippen molar-refractivity contribution in [3.05, 3.63) is 152 Å². The van der Waals surface area contributed by atoms with Crippen LogP contribution in [0, 0.1) is 0 Å². The molecule has 0 aliphatic carbocycles. The van der Waals surface area contributed by atoms with Gasteiger partial charge in [0.2, 0.25) is 0 Å². The Hall–Kier alpha value is -6.59. The van der Waals surface area contributed by atoms with Crippen molar-refractivity contribution < 1.29 is 0 Å². The molecule has 0 bridgehead atoms. The molecule has 0 saturated heterocycles. The zero-order valence-corrected chi connectivity index (χ0v) is 25.7. The second-order valence-corrected chi connectivity index (χ2v) is 12.5. The monoisotopic (exact) mass is 611 g/mol. The maximum Gasteiger partial charge on any atom is 0.165 e. The predicted molar refractivity (Wildman–Crippen MR) is 196 cm³/mol. The molecule has 4 aromatic heterocycles. The number of rotatable bonds is 2. The molecule has 5 heteroatoms. The van der Waals surface area contributed by atoms with Crippen molar-refractivity contribution in [2.45, 2.75) is 0 Å². The lowest BCUT2D eigenvalue weighted by Crippen LogP contribution is -2.02. The Kier molecular flexibility index (Phi) is 5.05. The molecular weight excluding hydrogens is 587 g/mol. The Morgan fingerprint density at radius 3 is 2.04 bits per heavy atom. The fourth-order valence-electron chi connectivity index (χ4n) is 7.81. The SMILES string of the molecule is c1ccc(-n2c3ccccc3c3cc(-c4cc5c6c(c4)c4ncccc4n6-c4nc6ccccc6nc4-c4ccccc4-5)ccc32)cc1. The zero-order chi connectivity index (χ0) is 31.3. The average molecular weight is 612 g/mol. The molecular formula is C43H25N5. The highest BCUT2D eigenvalue weighted by Gasteiger charge is 2.28. The van der Waals surface area contributed by atoms with Crippen LogP contribution in [-0.4, -0.2) is 24.1 Å². The van der Waals surface area contributed by atoms with Gasteiger partial charge in [0.05, 0.1) is 38.6 Å². The van der Waals surface area contributed by atoms with Gasteiger partial charge in [0, 0.05) is 39.2 Å². The van der Waals surface area contributed by atoms with Crippen molar-refractivity contribution in [1.29, 1.82) is 0 Å². The second kappa shape index (κ2) is 9.47. The van der Waals surface area contributed by atoms with E-state index >= 15 is 0 Å². The highest BCUT2D eigenvalue weighted by molar-refractivity contribution is 6.17. The smallest absolute Gasteiger partial charge is 0.165 e. The summed E-state index contributed by atoms with van der Waals surface area (Å²) < 4.78 is 4.64. The molecule has 6 aromatic carbocycles. The number of benzene rings is 6. The number of aromatic nitrogens is 5. The van der Waals surface area contributed by atoms with Crippen LogP contribution in [0.15, 0.2) is 152 Å². The van der Waals surface area contributed by atoms with E-state index in [1.165, 1.54) is 21.8 Å². The summed E-state index contributed by atoms with van der Waals surface area (Å²) in [6, 6.07) is 51.7. The summed E-state index contributed by atoms with van der Waals surface area (Å²) in [5, 5.41) is 3.56. The lowest BCUT2D eigenvalue weighted by molar-refractivity contribution is 1.08. The summed E-state index contributed by atoms with van der Waals surface area (Å²) in [7, 11) is 0.